The van der Waals surface area contributed by atoms with Crippen LogP contribution in [-0.2, 0) is 4.74 Å². The highest BCUT2D eigenvalue weighted by atomic mass is 16.5. The lowest BCUT2D eigenvalue weighted by Gasteiger charge is -2.31. The Hall–Kier alpha value is -0.120. The SMILES string of the molecule is CCC(CC)(CN)NCCOC. The maximum absolute atomic E-state index is 5.71. The highest BCUT2D eigenvalue weighted by molar-refractivity contribution is 4.85. The molecule has 3 heteroatoms. The summed E-state index contributed by atoms with van der Waals surface area (Å²) in [6.45, 7) is 6.66. The lowest BCUT2D eigenvalue weighted by Crippen LogP contribution is -2.51. The fraction of sp³-hybridized carbons (Fsp3) is 1.00. The number of methoxy groups -OCH3 is 1. The molecule has 0 spiro atoms. The van der Waals surface area contributed by atoms with Crippen molar-refractivity contribution in [3.05, 3.63) is 0 Å². The highest BCUT2D eigenvalue weighted by Gasteiger charge is 2.22. The van der Waals surface area contributed by atoms with Gasteiger partial charge in [-0.15, -0.1) is 0 Å². The molecule has 0 aromatic heterocycles. The zero-order chi connectivity index (χ0) is 9.45. The predicted molar refractivity (Wildman–Crippen MR) is 52.2 cm³/mol. The van der Waals surface area contributed by atoms with Crippen molar-refractivity contribution < 1.29 is 4.74 Å². The lowest BCUT2D eigenvalue weighted by atomic mass is 9.93. The van der Waals surface area contributed by atoms with E-state index in [1.165, 1.54) is 0 Å². The summed E-state index contributed by atoms with van der Waals surface area (Å²) in [7, 11) is 1.71. The van der Waals surface area contributed by atoms with E-state index in [-0.39, 0.29) is 5.54 Å². The van der Waals surface area contributed by atoms with E-state index >= 15 is 0 Å². The van der Waals surface area contributed by atoms with Gasteiger partial charge in [-0.05, 0) is 12.8 Å². The van der Waals surface area contributed by atoms with Gasteiger partial charge in [-0.3, -0.25) is 0 Å². The van der Waals surface area contributed by atoms with Crippen LogP contribution in [0.4, 0.5) is 0 Å². The minimum Gasteiger partial charge on any atom is -0.383 e. The van der Waals surface area contributed by atoms with Gasteiger partial charge >= 0.3 is 0 Å². The summed E-state index contributed by atoms with van der Waals surface area (Å²) in [6, 6.07) is 0. The third-order valence-corrected chi connectivity index (χ3v) is 2.55. The molecule has 0 aromatic carbocycles. The zero-order valence-corrected chi connectivity index (χ0v) is 8.52. The van der Waals surface area contributed by atoms with Crippen LogP contribution >= 0.6 is 0 Å². The Morgan fingerprint density at radius 3 is 2.25 bits per heavy atom. The van der Waals surface area contributed by atoms with Gasteiger partial charge < -0.3 is 15.8 Å². The maximum Gasteiger partial charge on any atom is 0.0587 e. The standard InChI is InChI=1S/C9H22N2O/c1-4-9(5-2,8-10)11-6-7-12-3/h11H,4-8,10H2,1-3H3. The molecule has 0 bridgehead atoms. The highest BCUT2D eigenvalue weighted by Crippen LogP contribution is 2.12. The quantitative estimate of drug-likeness (QED) is 0.560. The first-order valence-corrected chi connectivity index (χ1v) is 4.68. The largest absolute Gasteiger partial charge is 0.383 e. The van der Waals surface area contributed by atoms with Crippen LogP contribution in [0.15, 0.2) is 0 Å². The molecule has 0 fully saturated rings. The first kappa shape index (κ1) is 11.9. The number of nitrogens with one attached hydrogen (secondary N) is 1. The molecule has 0 aliphatic heterocycles. The molecule has 0 radical (unpaired) electrons. The summed E-state index contributed by atoms with van der Waals surface area (Å²) < 4.78 is 4.97. The van der Waals surface area contributed by atoms with Crippen molar-refractivity contribution >= 4 is 0 Å². The molecule has 0 heterocycles. The molecule has 0 aliphatic carbocycles. The number of hydrogen-bond donors (Lipinski definition) is 2. The molecular weight excluding hydrogens is 152 g/mol. The minimum absolute atomic E-state index is 0.124. The van der Waals surface area contributed by atoms with Gasteiger partial charge in [-0.1, -0.05) is 13.8 Å². The molecule has 74 valence electrons. The second-order valence-electron chi connectivity index (χ2n) is 3.11. The van der Waals surface area contributed by atoms with E-state index in [1.54, 1.807) is 7.11 Å². The van der Waals surface area contributed by atoms with Crippen molar-refractivity contribution in [3.8, 4) is 0 Å². The Kier molecular flexibility index (Phi) is 6.34. The summed E-state index contributed by atoms with van der Waals surface area (Å²) in [4.78, 5) is 0. The summed E-state index contributed by atoms with van der Waals surface area (Å²) >= 11 is 0. The van der Waals surface area contributed by atoms with E-state index in [4.69, 9.17) is 10.5 Å². The molecule has 3 N–H and O–H groups in total. The first-order chi connectivity index (χ1) is 5.74. The molecule has 0 atom stereocenters. The van der Waals surface area contributed by atoms with Crippen molar-refractivity contribution in [2.45, 2.75) is 32.2 Å². The average molecular weight is 174 g/mol. The Balaban J connectivity index is 3.76. The molecule has 0 saturated heterocycles. The monoisotopic (exact) mass is 174 g/mol. The van der Waals surface area contributed by atoms with Crippen LogP contribution in [-0.4, -0.2) is 32.3 Å². The van der Waals surface area contributed by atoms with Crippen LogP contribution in [0.25, 0.3) is 0 Å². The zero-order valence-electron chi connectivity index (χ0n) is 8.52. The second-order valence-corrected chi connectivity index (χ2v) is 3.11. The Morgan fingerprint density at radius 1 is 1.33 bits per heavy atom. The number of rotatable bonds is 7. The molecule has 0 aromatic rings. The van der Waals surface area contributed by atoms with Gasteiger partial charge in [-0.25, -0.2) is 0 Å². The Morgan fingerprint density at radius 2 is 1.92 bits per heavy atom. The summed E-state index contributed by atoms with van der Waals surface area (Å²) in [5.74, 6) is 0. The third kappa shape index (κ3) is 3.52. The van der Waals surface area contributed by atoms with Gasteiger partial charge in [0, 0.05) is 25.7 Å². The molecule has 0 rings (SSSR count). The van der Waals surface area contributed by atoms with E-state index in [9.17, 15) is 0 Å². The number of hydrogen-bond acceptors (Lipinski definition) is 3. The molecule has 0 unspecified atom stereocenters. The van der Waals surface area contributed by atoms with E-state index in [1.807, 2.05) is 0 Å². The van der Waals surface area contributed by atoms with Crippen molar-refractivity contribution in [1.82, 2.24) is 5.32 Å². The van der Waals surface area contributed by atoms with E-state index in [0.717, 1.165) is 26.0 Å². The van der Waals surface area contributed by atoms with Gasteiger partial charge in [0.15, 0.2) is 0 Å². The summed E-state index contributed by atoms with van der Waals surface area (Å²) in [5, 5.41) is 3.43. The number of ether oxygens (including phenoxy) is 1. The van der Waals surface area contributed by atoms with Crippen LogP contribution in [0, 0.1) is 0 Å². The van der Waals surface area contributed by atoms with Gasteiger partial charge in [-0.2, -0.15) is 0 Å². The van der Waals surface area contributed by atoms with Crippen molar-refractivity contribution in [2.75, 3.05) is 26.8 Å². The summed E-state index contributed by atoms with van der Waals surface area (Å²) in [5.41, 5.74) is 5.83. The Bertz CT molecular complexity index is 94.4. The van der Waals surface area contributed by atoms with Crippen LogP contribution < -0.4 is 11.1 Å². The van der Waals surface area contributed by atoms with Gasteiger partial charge in [0.05, 0.1) is 6.61 Å². The molecule has 12 heavy (non-hydrogen) atoms. The molecule has 3 nitrogen and oxygen atoms in total. The van der Waals surface area contributed by atoms with Crippen molar-refractivity contribution in [1.29, 1.82) is 0 Å². The van der Waals surface area contributed by atoms with Gasteiger partial charge in [0.1, 0.15) is 0 Å². The lowest BCUT2D eigenvalue weighted by molar-refractivity contribution is 0.181. The van der Waals surface area contributed by atoms with Crippen LogP contribution in [0.2, 0.25) is 0 Å². The minimum atomic E-state index is 0.124. The molecular formula is C9H22N2O. The van der Waals surface area contributed by atoms with E-state index in [2.05, 4.69) is 19.2 Å². The van der Waals surface area contributed by atoms with Crippen molar-refractivity contribution in [3.63, 3.8) is 0 Å². The third-order valence-electron chi connectivity index (χ3n) is 2.55. The Labute approximate surface area is 75.7 Å². The number of nitrogens with two attached hydrogens (primary N) is 1. The fourth-order valence-corrected chi connectivity index (χ4v) is 1.28. The average Bonchev–Trinajstić information content (AvgIpc) is 2.14. The maximum atomic E-state index is 5.71. The van der Waals surface area contributed by atoms with Crippen molar-refractivity contribution in [2.24, 2.45) is 5.73 Å². The first-order valence-electron chi connectivity index (χ1n) is 4.68. The van der Waals surface area contributed by atoms with Crippen LogP contribution in [0.5, 0.6) is 0 Å². The normalized spacial score (nSPS) is 12.0. The molecule has 0 aliphatic rings. The second kappa shape index (κ2) is 6.40. The van der Waals surface area contributed by atoms with Crippen LogP contribution in [0.3, 0.4) is 0 Å². The van der Waals surface area contributed by atoms with E-state index < -0.39 is 0 Å². The topological polar surface area (TPSA) is 47.3 Å². The van der Waals surface area contributed by atoms with Crippen LogP contribution in [0.1, 0.15) is 26.7 Å². The fourth-order valence-electron chi connectivity index (χ4n) is 1.28. The van der Waals surface area contributed by atoms with Gasteiger partial charge in [0.25, 0.3) is 0 Å². The predicted octanol–water partition coefficient (Wildman–Crippen LogP) is 0.740. The molecule has 0 amide bonds. The van der Waals surface area contributed by atoms with Gasteiger partial charge in [0.2, 0.25) is 0 Å². The summed E-state index contributed by atoms with van der Waals surface area (Å²) in [6.07, 6.45) is 2.15. The van der Waals surface area contributed by atoms with E-state index in [0.29, 0.717) is 6.54 Å². The molecule has 0 saturated carbocycles. The smallest absolute Gasteiger partial charge is 0.0587 e.